The summed E-state index contributed by atoms with van der Waals surface area (Å²) >= 11 is 0. The third-order valence-electron chi connectivity index (χ3n) is 4.65. The first-order valence-electron chi connectivity index (χ1n) is 8.39. The quantitative estimate of drug-likeness (QED) is 0.924. The van der Waals surface area contributed by atoms with Crippen molar-refractivity contribution in [1.29, 1.82) is 5.26 Å². The Morgan fingerprint density at radius 3 is 3.00 bits per heavy atom. The Labute approximate surface area is 138 Å². The van der Waals surface area contributed by atoms with E-state index in [0.717, 1.165) is 44.2 Å². The first-order valence-corrected chi connectivity index (χ1v) is 8.39. The van der Waals surface area contributed by atoms with Crippen LogP contribution in [0.2, 0.25) is 0 Å². The van der Waals surface area contributed by atoms with Crippen LogP contribution < -0.4 is 5.73 Å². The number of benzene rings is 1. The molecule has 1 aromatic heterocycles. The van der Waals surface area contributed by atoms with Crippen molar-refractivity contribution in [3.63, 3.8) is 0 Å². The van der Waals surface area contributed by atoms with Gasteiger partial charge in [-0.1, -0.05) is 6.07 Å². The van der Waals surface area contributed by atoms with Crippen LogP contribution >= 0.6 is 0 Å². The second kappa shape index (κ2) is 7.45. The molecule has 4 heteroatoms. The highest BCUT2D eigenvalue weighted by Gasteiger charge is 2.20. The molecule has 0 amide bonds. The number of hydrogen-bond donors (Lipinski definition) is 1. The highest BCUT2D eigenvalue weighted by atomic mass is 15.2. The Kier molecular flexibility index (Phi) is 5.12. The van der Waals surface area contributed by atoms with E-state index in [9.17, 15) is 0 Å². The summed E-state index contributed by atoms with van der Waals surface area (Å²) in [5, 5.41) is 9.09. The molecule has 2 N–H and O–H groups in total. The van der Waals surface area contributed by atoms with Crippen molar-refractivity contribution in [2.45, 2.75) is 25.8 Å². The molecule has 0 bridgehead atoms. The van der Waals surface area contributed by atoms with E-state index in [1.807, 2.05) is 18.2 Å². The highest BCUT2D eigenvalue weighted by Crippen LogP contribution is 2.22. The molecule has 1 aromatic carbocycles. The van der Waals surface area contributed by atoms with E-state index in [-0.39, 0.29) is 0 Å². The zero-order valence-corrected chi connectivity index (χ0v) is 13.5. The van der Waals surface area contributed by atoms with Gasteiger partial charge in [-0.05, 0) is 68.6 Å². The molecule has 2 heterocycles. The lowest BCUT2D eigenvalue weighted by Crippen LogP contribution is -2.36. The van der Waals surface area contributed by atoms with E-state index in [4.69, 9.17) is 11.0 Å². The lowest BCUT2D eigenvalue weighted by Gasteiger charge is -2.32. The van der Waals surface area contributed by atoms with Gasteiger partial charge in [-0.3, -0.25) is 4.90 Å². The molecular formula is C19H24N4. The molecule has 1 atom stereocenters. The molecule has 120 valence electrons. The molecule has 0 aliphatic carbocycles. The standard InChI is InChI=1S/C19H24N4/c20-9-8-16-5-2-10-22(14-16)15-19-7-3-11-23(19)18-6-1-4-17(12-18)13-21/h1,3-4,6-7,11-12,16H,2,5,8-10,14-15,20H2/t16-/m0/s1. The fourth-order valence-corrected chi connectivity index (χ4v) is 3.52. The van der Waals surface area contributed by atoms with Crippen molar-refractivity contribution >= 4 is 0 Å². The van der Waals surface area contributed by atoms with Crippen molar-refractivity contribution in [1.82, 2.24) is 9.47 Å². The maximum Gasteiger partial charge on any atom is 0.0992 e. The lowest BCUT2D eigenvalue weighted by atomic mass is 9.95. The largest absolute Gasteiger partial charge is 0.330 e. The van der Waals surface area contributed by atoms with Gasteiger partial charge in [-0.15, -0.1) is 0 Å². The maximum absolute atomic E-state index is 9.09. The van der Waals surface area contributed by atoms with Crippen LogP contribution in [-0.2, 0) is 6.54 Å². The van der Waals surface area contributed by atoms with Crippen molar-refractivity contribution < 1.29 is 0 Å². The van der Waals surface area contributed by atoms with Crippen LogP contribution in [0.1, 0.15) is 30.5 Å². The van der Waals surface area contributed by atoms with Crippen LogP contribution in [-0.4, -0.2) is 29.1 Å². The Hall–Kier alpha value is -2.09. The van der Waals surface area contributed by atoms with Gasteiger partial charge >= 0.3 is 0 Å². The average Bonchev–Trinajstić information content (AvgIpc) is 3.04. The van der Waals surface area contributed by atoms with E-state index in [1.165, 1.54) is 18.5 Å². The Balaban J connectivity index is 1.75. The van der Waals surface area contributed by atoms with Crippen molar-refractivity contribution in [2.24, 2.45) is 11.7 Å². The molecule has 1 saturated heterocycles. The number of hydrogen-bond acceptors (Lipinski definition) is 3. The second-order valence-corrected chi connectivity index (χ2v) is 6.35. The summed E-state index contributed by atoms with van der Waals surface area (Å²) in [5.74, 6) is 0.735. The van der Waals surface area contributed by atoms with Gasteiger partial charge in [0.2, 0.25) is 0 Å². The fraction of sp³-hybridized carbons (Fsp3) is 0.421. The minimum absolute atomic E-state index is 0.697. The van der Waals surface area contributed by atoms with E-state index in [0.29, 0.717) is 5.56 Å². The van der Waals surface area contributed by atoms with E-state index < -0.39 is 0 Å². The van der Waals surface area contributed by atoms with Crippen LogP contribution in [0.15, 0.2) is 42.6 Å². The number of aromatic nitrogens is 1. The molecule has 4 nitrogen and oxygen atoms in total. The summed E-state index contributed by atoms with van der Waals surface area (Å²) in [7, 11) is 0. The summed E-state index contributed by atoms with van der Waals surface area (Å²) in [6.07, 6.45) is 5.77. The van der Waals surface area contributed by atoms with Gasteiger partial charge in [0.05, 0.1) is 11.6 Å². The van der Waals surface area contributed by atoms with Gasteiger partial charge in [-0.25, -0.2) is 0 Å². The number of rotatable bonds is 5. The minimum Gasteiger partial charge on any atom is -0.330 e. The minimum atomic E-state index is 0.697. The third-order valence-corrected chi connectivity index (χ3v) is 4.65. The Morgan fingerprint density at radius 2 is 2.17 bits per heavy atom. The van der Waals surface area contributed by atoms with Gasteiger partial charge in [-0.2, -0.15) is 5.26 Å². The molecular weight excluding hydrogens is 284 g/mol. The number of nitriles is 1. The van der Waals surface area contributed by atoms with E-state index in [1.54, 1.807) is 0 Å². The van der Waals surface area contributed by atoms with Crippen molar-refractivity contribution in [3.05, 3.63) is 53.9 Å². The van der Waals surface area contributed by atoms with Gasteiger partial charge in [0.1, 0.15) is 0 Å². The van der Waals surface area contributed by atoms with Gasteiger partial charge < -0.3 is 10.3 Å². The van der Waals surface area contributed by atoms with Crippen LogP contribution in [0.3, 0.4) is 0 Å². The average molecular weight is 308 g/mol. The lowest BCUT2D eigenvalue weighted by molar-refractivity contribution is 0.161. The van der Waals surface area contributed by atoms with Crippen LogP contribution in [0, 0.1) is 17.2 Å². The predicted molar refractivity (Wildman–Crippen MR) is 92.2 cm³/mol. The molecule has 0 spiro atoms. The fourth-order valence-electron chi connectivity index (χ4n) is 3.52. The molecule has 0 unspecified atom stereocenters. The molecule has 3 rings (SSSR count). The van der Waals surface area contributed by atoms with E-state index >= 15 is 0 Å². The van der Waals surface area contributed by atoms with Crippen LogP contribution in [0.25, 0.3) is 5.69 Å². The molecule has 0 radical (unpaired) electrons. The monoisotopic (exact) mass is 308 g/mol. The van der Waals surface area contributed by atoms with Gasteiger partial charge in [0.15, 0.2) is 0 Å². The zero-order chi connectivity index (χ0) is 16.1. The second-order valence-electron chi connectivity index (χ2n) is 6.35. The van der Waals surface area contributed by atoms with Crippen molar-refractivity contribution in [2.75, 3.05) is 19.6 Å². The van der Waals surface area contributed by atoms with Crippen molar-refractivity contribution in [3.8, 4) is 11.8 Å². The summed E-state index contributed by atoms with van der Waals surface area (Å²) in [5.41, 5.74) is 8.74. The normalized spacial score (nSPS) is 18.7. The number of likely N-dealkylation sites (tertiary alicyclic amines) is 1. The third kappa shape index (κ3) is 3.82. The van der Waals surface area contributed by atoms with Gasteiger partial charge in [0.25, 0.3) is 0 Å². The smallest absolute Gasteiger partial charge is 0.0992 e. The maximum atomic E-state index is 9.09. The molecule has 2 aromatic rings. The van der Waals surface area contributed by atoms with Gasteiger partial charge in [0, 0.05) is 30.7 Å². The topological polar surface area (TPSA) is 58.0 Å². The summed E-state index contributed by atoms with van der Waals surface area (Å²) in [6, 6.07) is 14.2. The number of nitrogens with zero attached hydrogens (tertiary/aromatic N) is 3. The number of nitrogens with two attached hydrogens (primary N) is 1. The number of piperidine rings is 1. The van der Waals surface area contributed by atoms with Crippen LogP contribution in [0.4, 0.5) is 0 Å². The molecule has 1 fully saturated rings. The Bertz CT molecular complexity index is 681. The zero-order valence-electron chi connectivity index (χ0n) is 13.5. The van der Waals surface area contributed by atoms with Crippen LogP contribution in [0.5, 0.6) is 0 Å². The van der Waals surface area contributed by atoms with E-state index in [2.05, 4.69) is 39.9 Å². The summed E-state index contributed by atoms with van der Waals surface area (Å²) in [6.45, 7) is 4.03. The summed E-state index contributed by atoms with van der Waals surface area (Å²) < 4.78 is 2.19. The molecule has 1 aliphatic heterocycles. The highest BCUT2D eigenvalue weighted by molar-refractivity contribution is 5.42. The Morgan fingerprint density at radius 1 is 1.26 bits per heavy atom. The molecule has 23 heavy (non-hydrogen) atoms. The predicted octanol–water partition coefficient (Wildman–Crippen LogP) is 2.91. The summed E-state index contributed by atoms with van der Waals surface area (Å²) in [4.78, 5) is 2.53. The SMILES string of the molecule is N#Cc1cccc(-n2cccc2CN2CCC[C@@H](CCN)C2)c1. The first-order chi connectivity index (χ1) is 11.3. The first kappa shape index (κ1) is 15.8. The molecule has 1 aliphatic rings. The molecule has 0 saturated carbocycles.